The average molecular weight is 832 g/mol. The van der Waals surface area contributed by atoms with Crippen LogP contribution in [0, 0.1) is 0 Å². The second kappa shape index (κ2) is 14.9. The molecule has 2 aliphatic carbocycles. The van der Waals surface area contributed by atoms with Gasteiger partial charge in [0.15, 0.2) is 0 Å². The van der Waals surface area contributed by atoms with Crippen molar-refractivity contribution in [2.45, 2.75) is 38.5 Å². The molecular weight excluding hydrogens is 783 g/mol. The van der Waals surface area contributed by atoms with Gasteiger partial charge >= 0.3 is 0 Å². The van der Waals surface area contributed by atoms with Gasteiger partial charge in [-0.15, -0.1) is 0 Å². The predicted molar refractivity (Wildman–Crippen MR) is 276 cm³/mol. The minimum Gasteiger partial charge on any atom is -0.310 e. The maximum Gasteiger partial charge on any atom is 0.0465 e. The van der Waals surface area contributed by atoms with Gasteiger partial charge in [0, 0.05) is 27.9 Å². The molecule has 65 heavy (non-hydrogen) atoms. The van der Waals surface area contributed by atoms with E-state index in [1.165, 1.54) is 99.8 Å². The van der Waals surface area contributed by atoms with E-state index in [9.17, 15) is 0 Å². The van der Waals surface area contributed by atoms with Gasteiger partial charge in [0.2, 0.25) is 0 Å². The van der Waals surface area contributed by atoms with Gasteiger partial charge < -0.3 is 4.90 Å². The van der Waals surface area contributed by atoms with Crippen molar-refractivity contribution in [2.24, 2.45) is 0 Å². The highest BCUT2D eigenvalue weighted by atomic mass is 15.1. The predicted octanol–water partition coefficient (Wildman–Crippen LogP) is 17.6. The lowest BCUT2D eigenvalue weighted by Crippen LogP contribution is -2.18. The Morgan fingerprint density at radius 1 is 0.246 bits per heavy atom. The minimum absolute atomic E-state index is 0.183. The van der Waals surface area contributed by atoms with Crippen LogP contribution in [0.4, 0.5) is 17.1 Å². The number of benzene rings is 10. The Morgan fingerprint density at radius 2 is 0.569 bits per heavy atom. The van der Waals surface area contributed by atoms with Gasteiger partial charge in [0.25, 0.3) is 0 Å². The van der Waals surface area contributed by atoms with E-state index >= 15 is 0 Å². The smallest absolute Gasteiger partial charge is 0.0465 e. The first-order valence-corrected chi connectivity index (χ1v) is 22.9. The summed E-state index contributed by atoms with van der Waals surface area (Å²) in [7, 11) is 0. The third-order valence-electron chi connectivity index (χ3n) is 14.5. The Morgan fingerprint density at radius 3 is 1.08 bits per heavy atom. The second-order valence-corrected chi connectivity index (χ2v) is 19.0. The number of hydrogen-bond donors (Lipinski definition) is 0. The summed E-state index contributed by atoms with van der Waals surface area (Å²) in [5.41, 5.74) is 23.6. The third kappa shape index (κ3) is 6.45. The zero-order valence-corrected chi connectivity index (χ0v) is 37.3. The second-order valence-electron chi connectivity index (χ2n) is 19.0. The molecule has 0 aliphatic heterocycles. The number of hydrogen-bond acceptors (Lipinski definition) is 1. The summed E-state index contributed by atoms with van der Waals surface area (Å²) >= 11 is 0. The van der Waals surface area contributed by atoms with Crippen molar-refractivity contribution >= 4 is 27.8 Å². The summed E-state index contributed by atoms with van der Waals surface area (Å²) in [5.74, 6) is 0. The van der Waals surface area contributed by atoms with Gasteiger partial charge in [-0.05, 0) is 154 Å². The van der Waals surface area contributed by atoms with Crippen molar-refractivity contribution in [3.63, 3.8) is 0 Å². The van der Waals surface area contributed by atoms with E-state index in [2.05, 4.69) is 257 Å². The molecule has 0 spiro atoms. The summed E-state index contributed by atoms with van der Waals surface area (Å²) in [4.78, 5) is 2.47. The van der Waals surface area contributed by atoms with Crippen LogP contribution >= 0.6 is 0 Å². The van der Waals surface area contributed by atoms with Crippen LogP contribution in [0.2, 0.25) is 0 Å². The van der Waals surface area contributed by atoms with Gasteiger partial charge in [-0.25, -0.2) is 0 Å². The lowest BCUT2D eigenvalue weighted by Gasteiger charge is -2.30. The van der Waals surface area contributed by atoms with Gasteiger partial charge in [0.05, 0.1) is 0 Å². The largest absolute Gasteiger partial charge is 0.310 e. The van der Waals surface area contributed by atoms with Crippen molar-refractivity contribution < 1.29 is 0 Å². The van der Waals surface area contributed by atoms with E-state index in [4.69, 9.17) is 0 Å². The van der Waals surface area contributed by atoms with Crippen LogP contribution in [-0.2, 0) is 10.8 Å². The van der Waals surface area contributed by atoms with Gasteiger partial charge in [-0.2, -0.15) is 0 Å². The average Bonchev–Trinajstić information content (AvgIpc) is 3.72. The number of nitrogens with zero attached hydrogens (tertiary/aromatic N) is 1. The molecule has 0 amide bonds. The van der Waals surface area contributed by atoms with Crippen molar-refractivity contribution in [3.05, 3.63) is 247 Å². The van der Waals surface area contributed by atoms with Crippen LogP contribution in [0.1, 0.15) is 49.9 Å². The quantitative estimate of drug-likeness (QED) is 0.155. The van der Waals surface area contributed by atoms with Crippen LogP contribution in [0.15, 0.2) is 224 Å². The fourth-order valence-corrected chi connectivity index (χ4v) is 10.8. The molecule has 2 aliphatic rings. The van der Waals surface area contributed by atoms with Gasteiger partial charge in [-0.3, -0.25) is 0 Å². The van der Waals surface area contributed by atoms with Crippen LogP contribution in [-0.4, -0.2) is 0 Å². The zero-order chi connectivity index (χ0) is 43.9. The molecule has 0 bridgehead atoms. The molecule has 0 saturated heterocycles. The normalized spacial score (nSPS) is 13.8. The van der Waals surface area contributed by atoms with Crippen LogP contribution in [0.25, 0.3) is 77.5 Å². The Kier molecular flexibility index (Phi) is 8.94. The van der Waals surface area contributed by atoms with Crippen LogP contribution in [0.3, 0.4) is 0 Å². The highest BCUT2D eigenvalue weighted by molar-refractivity contribution is 5.92. The standard InChI is InChI=1S/C64H49N/c1-63(2)59-38-50(43-15-9-6-10-16-43)27-33-55(59)57-35-31-53(40-61(57)63)65(52-29-25-47(26-30-52)46-21-19-45(20-22-46)42-13-7-5-8-14-42)54-32-36-58-56-34-28-51(39-60(56)64(3,4)62(58)41-54)49-24-23-44-17-11-12-18-48(44)37-49/h5-41H,1-4H3. The summed E-state index contributed by atoms with van der Waals surface area (Å²) in [5, 5.41) is 2.53. The molecule has 0 fully saturated rings. The molecule has 0 atom stereocenters. The molecule has 0 N–H and O–H groups in total. The molecule has 0 saturated carbocycles. The fourth-order valence-electron chi connectivity index (χ4n) is 10.8. The molecule has 1 nitrogen and oxygen atoms in total. The van der Waals surface area contributed by atoms with E-state index in [1.54, 1.807) is 0 Å². The molecule has 10 aromatic carbocycles. The van der Waals surface area contributed by atoms with Crippen molar-refractivity contribution in [1.29, 1.82) is 0 Å². The highest BCUT2D eigenvalue weighted by Gasteiger charge is 2.38. The Hall–Kier alpha value is -7.74. The van der Waals surface area contributed by atoms with Gasteiger partial charge in [-0.1, -0.05) is 198 Å². The lowest BCUT2D eigenvalue weighted by molar-refractivity contribution is 0.660. The van der Waals surface area contributed by atoms with Crippen LogP contribution in [0.5, 0.6) is 0 Å². The molecule has 0 radical (unpaired) electrons. The van der Waals surface area contributed by atoms with E-state index in [0.717, 1.165) is 17.1 Å². The number of rotatable bonds is 7. The number of fused-ring (bicyclic) bond motifs is 7. The summed E-state index contributed by atoms with van der Waals surface area (Å²) in [6, 6.07) is 83.3. The fraction of sp³-hybridized carbons (Fsp3) is 0.0938. The number of anilines is 3. The lowest BCUT2D eigenvalue weighted by atomic mass is 9.81. The Labute approximate surface area is 383 Å². The SMILES string of the molecule is CC1(C)c2cc(-c3ccccc3)ccc2-c2ccc(N(c3ccc(-c4ccc(-c5ccccc5)cc4)cc3)c3ccc4c(c3)C(C)(C)c3cc(-c5ccc6ccccc6c5)ccc3-4)cc21. The first-order chi connectivity index (χ1) is 31.7. The highest BCUT2D eigenvalue weighted by Crippen LogP contribution is 2.54. The first-order valence-electron chi connectivity index (χ1n) is 22.9. The van der Waals surface area contributed by atoms with Crippen molar-refractivity contribution in [3.8, 4) is 66.8 Å². The maximum absolute atomic E-state index is 2.47. The van der Waals surface area contributed by atoms with E-state index in [-0.39, 0.29) is 10.8 Å². The van der Waals surface area contributed by atoms with Crippen molar-refractivity contribution in [2.75, 3.05) is 4.90 Å². The molecule has 0 unspecified atom stereocenters. The monoisotopic (exact) mass is 831 g/mol. The molecule has 12 rings (SSSR count). The van der Waals surface area contributed by atoms with Crippen LogP contribution < -0.4 is 4.90 Å². The minimum atomic E-state index is -0.201. The first kappa shape index (κ1) is 38.9. The van der Waals surface area contributed by atoms with Crippen molar-refractivity contribution in [1.82, 2.24) is 0 Å². The summed E-state index contributed by atoms with van der Waals surface area (Å²) < 4.78 is 0. The molecule has 1 heteroatoms. The molecular formula is C64H49N. The topological polar surface area (TPSA) is 3.24 Å². The maximum atomic E-state index is 2.47. The molecule has 0 aromatic heterocycles. The molecule has 310 valence electrons. The van der Waals surface area contributed by atoms with E-state index in [1.807, 2.05) is 0 Å². The Bertz CT molecular complexity index is 3450. The third-order valence-corrected chi connectivity index (χ3v) is 14.5. The summed E-state index contributed by atoms with van der Waals surface area (Å²) in [6.07, 6.45) is 0. The Balaban J connectivity index is 0.946. The van der Waals surface area contributed by atoms with E-state index in [0.29, 0.717) is 0 Å². The molecule has 10 aromatic rings. The zero-order valence-electron chi connectivity index (χ0n) is 37.3. The molecule has 0 heterocycles. The summed E-state index contributed by atoms with van der Waals surface area (Å²) in [6.45, 7) is 9.57. The van der Waals surface area contributed by atoms with E-state index < -0.39 is 0 Å². The van der Waals surface area contributed by atoms with Gasteiger partial charge in [0.1, 0.15) is 0 Å².